The molecule has 0 aliphatic heterocycles. The summed E-state index contributed by atoms with van der Waals surface area (Å²) in [6.07, 6.45) is 3.37. The molecule has 98 valence electrons. The second-order valence-electron chi connectivity index (χ2n) is 4.21. The highest BCUT2D eigenvalue weighted by molar-refractivity contribution is 9.10. The quantitative estimate of drug-likeness (QED) is 0.825. The highest BCUT2D eigenvalue weighted by atomic mass is 79.9. The van der Waals surface area contributed by atoms with Crippen LogP contribution in [0, 0.1) is 0 Å². The molecule has 1 rings (SSSR count). The molecule has 0 bridgehead atoms. The maximum atomic E-state index is 5.93. The van der Waals surface area contributed by atoms with Gasteiger partial charge in [-0.2, -0.15) is 11.8 Å². The molecule has 0 radical (unpaired) electrons. The van der Waals surface area contributed by atoms with Crippen LogP contribution in [0.1, 0.15) is 24.3 Å². The lowest BCUT2D eigenvalue weighted by atomic mass is 10.1. The van der Waals surface area contributed by atoms with Crippen LogP contribution < -0.4 is 5.73 Å². The summed E-state index contributed by atoms with van der Waals surface area (Å²) in [7, 11) is 2.18. The third-order valence-electron chi connectivity index (χ3n) is 3.07. The summed E-state index contributed by atoms with van der Waals surface area (Å²) in [6.45, 7) is 2.95. The molecule has 0 aliphatic rings. The van der Waals surface area contributed by atoms with Crippen LogP contribution in [0.15, 0.2) is 15.9 Å². The van der Waals surface area contributed by atoms with E-state index < -0.39 is 0 Å². The van der Waals surface area contributed by atoms with Gasteiger partial charge >= 0.3 is 0 Å². The topological polar surface area (TPSA) is 29.3 Å². The Hall–Kier alpha value is 0.450. The Kier molecular flexibility index (Phi) is 7.11. The zero-order valence-corrected chi connectivity index (χ0v) is 13.9. The number of nitrogens with zero attached hydrogens (tertiary/aromatic N) is 1. The van der Waals surface area contributed by atoms with E-state index in [-0.39, 0.29) is 0 Å². The zero-order chi connectivity index (χ0) is 12.8. The molecule has 0 aliphatic carbocycles. The third-order valence-corrected chi connectivity index (χ3v) is 5.50. The fraction of sp³-hybridized carbons (Fsp3) is 0.667. The van der Waals surface area contributed by atoms with E-state index in [9.17, 15) is 0 Å². The Bertz CT molecular complexity index is 330. The Morgan fingerprint density at radius 3 is 2.76 bits per heavy atom. The van der Waals surface area contributed by atoms with Gasteiger partial charge in [0.15, 0.2) is 0 Å². The lowest BCUT2D eigenvalue weighted by molar-refractivity contribution is 0.188. The molecule has 2 unspecified atom stereocenters. The average Bonchev–Trinajstić information content (AvgIpc) is 2.73. The van der Waals surface area contributed by atoms with Gasteiger partial charge in [-0.15, -0.1) is 11.3 Å². The summed E-state index contributed by atoms with van der Waals surface area (Å²) in [5, 5.41) is 2.12. The van der Waals surface area contributed by atoms with E-state index >= 15 is 0 Å². The fourth-order valence-electron chi connectivity index (χ4n) is 1.79. The molecule has 1 aromatic heterocycles. The Morgan fingerprint density at radius 1 is 1.59 bits per heavy atom. The number of rotatable bonds is 7. The van der Waals surface area contributed by atoms with E-state index in [0.29, 0.717) is 18.6 Å². The van der Waals surface area contributed by atoms with Crippen molar-refractivity contribution < 1.29 is 0 Å². The minimum absolute atomic E-state index is 0.336. The van der Waals surface area contributed by atoms with Crippen LogP contribution in [-0.4, -0.2) is 36.5 Å². The maximum Gasteiger partial charge on any atom is 0.0564 e. The number of hydrogen-bond acceptors (Lipinski definition) is 4. The van der Waals surface area contributed by atoms with Crippen LogP contribution in [-0.2, 0) is 0 Å². The number of halogens is 1. The van der Waals surface area contributed by atoms with Gasteiger partial charge < -0.3 is 5.73 Å². The molecule has 0 amide bonds. The first-order chi connectivity index (χ1) is 8.10. The fourth-order valence-corrected chi connectivity index (χ4v) is 3.97. The first-order valence-corrected chi connectivity index (χ1v) is 8.81. The predicted octanol–water partition coefficient (Wildman–Crippen LogP) is 3.58. The number of nitrogens with two attached hydrogens (primary N) is 1. The van der Waals surface area contributed by atoms with Crippen LogP contribution in [0.5, 0.6) is 0 Å². The number of thioether (sulfide) groups is 1. The SMILES string of the molecule is CSCCC(C)N(C)C(CN)c1cc(Br)cs1. The van der Waals surface area contributed by atoms with Crippen molar-refractivity contribution in [2.24, 2.45) is 5.73 Å². The molecule has 0 aromatic carbocycles. The molecule has 1 aromatic rings. The van der Waals surface area contributed by atoms with E-state index in [2.05, 4.69) is 52.5 Å². The monoisotopic (exact) mass is 336 g/mol. The maximum absolute atomic E-state index is 5.93. The van der Waals surface area contributed by atoms with Crippen LogP contribution in [0.4, 0.5) is 0 Å². The molecular formula is C12H21BrN2S2. The van der Waals surface area contributed by atoms with E-state index in [0.717, 1.165) is 4.47 Å². The van der Waals surface area contributed by atoms with Gasteiger partial charge in [-0.25, -0.2) is 0 Å². The van der Waals surface area contributed by atoms with Gasteiger partial charge in [0, 0.05) is 27.3 Å². The van der Waals surface area contributed by atoms with Gasteiger partial charge in [0.25, 0.3) is 0 Å². The van der Waals surface area contributed by atoms with Crippen molar-refractivity contribution in [3.05, 3.63) is 20.8 Å². The first-order valence-electron chi connectivity index (χ1n) is 5.75. The van der Waals surface area contributed by atoms with Gasteiger partial charge in [-0.05, 0) is 54.4 Å². The van der Waals surface area contributed by atoms with Crippen LogP contribution in [0.3, 0.4) is 0 Å². The van der Waals surface area contributed by atoms with Gasteiger partial charge in [0.1, 0.15) is 0 Å². The summed E-state index contributed by atoms with van der Waals surface area (Å²) in [5.41, 5.74) is 5.93. The standard InChI is InChI=1S/C12H21BrN2S2/c1-9(4-5-16-3)15(2)11(7-14)12-6-10(13)8-17-12/h6,8-9,11H,4-5,7,14H2,1-3H3. The zero-order valence-electron chi connectivity index (χ0n) is 10.6. The van der Waals surface area contributed by atoms with Gasteiger partial charge in [0.2, 0.25) is 0 Å². The number of thiophene rings is 1. The largest absolute Gasteiger partial charge is 0.329 e. The van der Waals surface area contributed by atoms with E-state index in [4.69, 9.17) is 5.73 Å². The average molecular weight is 337 g/mol. The highest BCUT2D eigenvalue weighted by Gasteiger charge is 2.21. The van der Waals surface area contributed by atoms with E-state index in [1.165, 1.54) is 17.1 Å². The summed E-state index contributed by atoms with van der Waals surface area (Å²) >= 11 is 7.19. The first kappa shape index (κ1) is 15.5. The van der Waals surface area contributed by atoms with Gasteiger partial charge in [-0.3, -0.25) is 4.90 Å². The molecule has 1 heterocycles. The van der Waals surface area contributed by atoms with Crippen molar-refractivity contribution in [2.45, 2.75) is 25.4 Å². The lowest BCUT2D eigenvalue weighted by Gasteiger charge is -2.31. The third kappa shape index (κ3) is 4.56. The molecule has 2 N–H and O–H groups in total. The van der Waals surface area contributed by atoms with E-state index in [1.54, 1.807) is 11.3 Å². The molecule has 0 saturated carbocycles. The minimum Gasteiger partial charge on any atom is -0.329 e. The predicted molar refractivity (Wildman–Crippen MR) is 84.0 cm³/mol. The van der Waals surface area contributed by atoms with Crippen molar-refractivity contribution in [2.75, 3.05) is 25.6 Å². The molecule has 0 fully saturated rings. The second kappa shape index (κ2) is 7.79. The Labute approximate surface area is 121 Å². The molecule has 5 heteroatoms. The Balaban J connectivity index is 2.66. The highest BCUT2D eigenvalue weighted by Crippen LogP contribution is 2.29. The Morgan fingerprint density at radius 2 is 2.29 bits per heavy atom. The van der Waals surface area contributed by atoms with Crippen molar-refractivity contribution >= 4 is 39.0 Å². The summed E-state index contributed by atoms with van der Waals surface area (Å²) in [4.78, 5) is 3.74. The molecule has 2 nitrogen and oxygen atoms in total. The minimum atomic E-state index is 0.336. The smallest absolute Gasteiger partial charge is 0.0564 e. The summed E-state index contributed by atoms with van der Waals surface area (Å²) in [6, 6.07) is 3.08. The van der Waals surface area contributed by atoms with Crippen molar-refractivity contribution in [3.63, 3.8) is 0 Å². The number of hydrogen-bond donors (Lipinski definition) is 1. The van der Waals surface area contributed by atoms with E-state index in [1.807, 2.05) is 11.8 Å². The number of likely N-dealkylation sites (N-methyl/N-ethyl adjacent to an activating group) is 1. The molecule has 0 spiro atoms. The summed E-state index contributed by atoms with van der Waals surface area (Å²) in [5.74, 6) is 1.21. The lowest BCUT2D eigenvalue weighted by Crippen LogP contribution is -2.37. The molecule has 17 heavy (non-hydrogen) atoms. The van der Waals surface area contributed by atoms with Gasteiger partial charge in [-0.1, -0.05) is 0 Å². The summed E-state index contributed by atoms with van der Waals surface area (Å²) < 4.78 is 1.15. The van der Waals surface area contributed by atoms with Crippen molar-refractivity contribution in [1.82, 2.24) is 4.90 Å². The van der Waals surface area contributed by atoms with Crippen LogP contribution in [0.25, 0.3) is 0 Å². The van der Waals surface area contributed by atoms with Crippen molar-refractivity contribution in [1.29, 1.82) is 0 Å². The molecular weight excluding hydrogens is 316 g/mol. The van der Waals surface area contributed by atoms with Gasteiger partial charge in [0.05, 0.1) is 6.04 Å². The molecule has 2 atom stereocenters. The van der Waals surface area contributed by atoms with Crippen LogP contribution in [0.2, 0.25) is 0 Å². The normalized spacial score (nSPS) is 15.2. The molecule has 0 saturated heterocycles. The van der Waals surface area contributed by atoms with Crippen LogP contribution >= 0.6 is 39.0 Å². The van der Waals surface area contributed by atoms with Crippen molar-refractivity contribution in [3.8, 4) is 0 Å². The second-order valence-corrected chi connectivity index (χ2v) is 7.06.